The van der Waals surface area contributed by atoms with E-state index in [2.05, 4.69) is 21.1 Å². The predicted molar refractivity (Wildman–Crippen MR) is 82.1 cm³/mol. The Morgan fingerprint density at radius 1 is 1.33 bits per heavy atom. The van der Waals surface area contributed by atoms with Crippen LogP contribution in [-0.4, -0.2) is 11.0 Å². The molecule has 3 N–H and O–H groups in total. The number of hydrogen-bond donors (Lipinski definition) is 2. The van der Waals surface area contributed by atoms with Crippen LogP contribution in [0, 0.1) is 12.7 Å². The lowest BCUT2D eigenvalue weighted by molar-refractivity contribution is 0.303. The molecular formula is C15H14BrFN2O2. The van der Waals surface area contributed by atoms with Gasteiger partial charge in [-0.15, -0.1) is 0 Å². The summed E-state index contributed by atoms with van der Waals surface area (Å²) in [5, 5.41) is 11.5. The highest BCUT2D eigenvalue weighted by Gasteiger charge is 2.07. The first kappa shape index (κ1) is 15.3. The van der Waals surface area contributed by atoms with Crippen molar-refractivity contribution in [2.24, 2.45) is 10.9 Å². The maximum Gasteiger partial charge on any atom is 0.170 e. The summed E-state index contributed by atoms with van der Waals surface area (Å²) in [7, 11) is 0. The molecule has 0 radical (unpaired) electrons. The third-order valence-corrected chi connectivity index (χ3v) is 3.40. The van der Waals surface area contributed by atoms with Crippen LogP contribution in [0.25, 0.3) is 0 Å². The van der Waals surface area contributed by atoms with Gasteiger partial charge in [0.05, 0.1) is 0 Å². The molecule has 0 unspecified atom stereocenters. The number of hydrogen-bond acceptors (Lipinski definition) is 3. The third kappa shape index (κ3) is 3.95. The van der Waals surface area contributed by atoms with E-state index in [9.17, 15) is 4.39 Å². The number of nitrogens with two attached hydrogens (primary N) is 1. The van der Waals surface area contributed by atoms with Gasteiger partial charge in [0, 0.05) is 10.0 Å². The largest absolute Gasteiger partial charge is 0.489 e. The molecule has 0 amide bonds. The Balaban J connectivity index is 2.20. The molecule has 0 atom stereocenters. The van der Waals surface area contributed by atoms with E-state index in [4.69, 9.17) is 15.7 Å². The topological polar surface area (TPSA) is 67.8 Å². The maximum absolute atomic E-state index is 13.5. The van der Waals surface area contributed by atoms with Gasteiger partial charge in [-0.1, -0.05) is 27.2 Å². The first-order chi connectivity index (χ1) is 9.99. The quantitative estimate of drug-likeness (QED) is 0.382. The first-order valence-electron chi connectivity index (χ1n) is 6.16. The Morgan fingerprint density at radius 3 is 2.81 bits per heavy atom. The van der Waals surface area contributed by atoms with Crippen LogP contribution in [0.15, 0.2) is 46.0 Å². The molecule has 2 rings (SSSR count). The molecule has 0 heterocycles. The number of aryl methyl sites for hydroxylation is 1. The molecule has 0 aliphatic carbocycles. The van der Waals surface area contributed by atoms with Crippen LogP contribution < -0.4 is 10.5 Å². The zero-order valence-corrected chi connectivity index (χ0v) is 12.9. The lowest BCUT2D eigenvalue weighted by atomic mass is 10.1. The Kier molecular flexibility index (Phi) is 4.80. The second kappa shape index (κ2) is 6.58. The van der Waals surface area contributed by atoms with Crippen LogP contribution >= 0.6 is 15.9 Å². The fraction of sp³-hybridized carbons (Fsp3) is 0.133. The molecule has 0 spiro atoms. The summed E-state index contributed by atoms with van der Waals surface area (Å²) in [4.78, 5) is 0. The second-order valence-electron chi connectivity index (χ2n) is 4.53. The Hall–Kier alpha value is -2.08. The fourth-order valence-electron chi connectivity index (χ4n) is 1.83. The molecule has 0 saturated carbocycles. The molecule has 2 aromatic rings. The molecule has 6 heteroatoms. The van der Waals surface area contributed by atoms with Crippen molar-refractivity contribution in [3.8, 4) is 5.75 Å². The van der Waals surface area contributed by atoms with E-state index in [0.717, 1.165) is 10.0 Å². The molecule has 0 aromatic heterocycles. The number of halogens is 2. The fourth-order valence-corrected chi connectivity index (χ4v) is 2.17. The van der Waals surface area contributed by atoms with Crippen LogP contribution in [-0.2, 0) is 6.61 Å². The number of amidine groups is 1. The van der Waals surface area contributed by atoms with Gasteiger partial charge < -0.3 is 15.7 Å². The zero-order valence-electron chi connectivity index (χ0n) is 11.3. The summed E-state index contributed by atoms with van der Waals surface area (Å²) in [6, 6.07) is 9.85. The summed E-state index contributed by atoms with van der Waals surface area (Å²) < 4.78 is 20.1. The van der Waals surface area contributed by atoms with E-state index in [1.807, 2.05) is 25.1 Å². The minimum Gasteiger partial charge on any atom is -0.489 e. The van der Waals surface area contributed by atoms with Crippen molar-refractivity contribution in [1.82, 2.24) is 0 Å². The third-order valence-electron chi connectivity index (χ3n) is 2.91. The average molecular weight is 353 g/mol. The molecule has 0 fully saturated rings. The van der Waals surface area contributed by atoms with E-state index in [1.54, 1.807) is 6.07 Å². The summed E-state index contributed by atoms with van der Waals surface area (Å²) in [6.45, 7) is 2.11. The Labute approximate surface area is 130 Å². The van der Waals surface area contributed by atoms with Crippen molar-refractivity contribution in [2.45, 2.75) is 13.5 Å². The summed E-state index contributed by atoms with van der Waals surface area (Å²) >= 11 is 3.37. The van der Waals surface area contributed by atoms with Gasteiger partial charge in [-0.05, 0) is 48.4 Å². The zero-order chi connectivity index (χ0) is 15.4. The predicted octanol–water partition coefficient (Wildman–Crippen LogP) is 3.57. The van der Waals surface area contributed by atoms with Gasteiger partial charge in [0.25, 0.3) is 0 Å². The summed E-state index contributed by atoms with van der Waals surface area (Å²) in [5.74, 6) is 0.0945. The molecule has 2 aromatic carbocycles. The number of benzene rings is 2. The number of rotatable bonds is 4. The standard InChI is InChI=1S/C15H14BrFN2O2/c1-9-2-3-12(16)7-14(9)21-8-10-4-11(15(18)19-20)6-13(17)5-10/h2-7,20H,8H2,1H3,(H2,18,19). The van der Waals surface area contributed by atoms with Gasteiger partial charge in [0.2, 0.25) is 0 Å². The van der Waals surface area contributed by atoms with Crippen molar-refractivity contribution < 1.29 is 14.3 Å². The maximum atomic E-state index is 13.5. The lowest BCUT2D eigenvalue weighted by Crippen LogP contribution is -2.14. The highest BCUT2D eigenvalue weighted by molar-refractivity contribution is 9.10. The van der Waals surface area contributed by atoms with E-state index >= 15 is 0 Å². The highest BCUT2D eigenvalue weighted by Crippen LogP contribution is 2.24. The van der Waals surface area contributed by atoms with Crippen LogP contribution in [0.1, 0.15) is 16.7 Å². The first-order valence-corrected chi connectivity index (χ1v) is 6.95. The van der Waals surface area contributed by atoms with E-state index in [0.29, 0.717) is 16.9 Å². The molecule has 4 nitrogen and oxygen atoms in total. The minimum atomic E-state index is -0.469. The summed E-state index contributed by atoms with van der Waals surface area (Å²) in [6.07, 6.45) is 0. The number of nitrogens with zero attached hydrogens (tertiary/aromatic N) is 1. The molecule has 0 saturated heterocycles. The molecule has 110 valence electrons. The smallest absolute Gasteiger partial charge is 0.170 e. The Bertz CT molecular complexity index is 689. The van der Waals surface area contributed by atoms with Gasteiger partial charge in [0.15, 0.2) is 5.84 Å². The van der Waals surface area contributed by atoms with Crippen LogP contribution in [0.4, 0.5) is 4.39 Å². The van der Waals surface area contributed by atoms with Crippen molar-refractivity contribution in [2.75, 3.05) is 0 Å². The van der Waals surface area contributed by atoms with Crippen LogP contribution in [0.3, 0.4) is 0 Å². The second-order valence-corrected chi connectivity index (χ2v) is 5.45. The highest BCUT2D eigenvalue weighted by atomic mass is 79.9. The van der Waals surface area contributed by atoms with Gasteiger partial charge >= 0.3 is 0 Å². The molecule has 21 heavy (non-hydrogen) atoms. The van der Waals surface area contributed by atoms with Crippen molar-refractivity contribution >= 4 is 21.8 Å². The lowest BCUT2D eigenvalue weighted by Gasteiger charge is -2.10. The van der Waals surface area contributed by atoms with Crippen LogP contribution in [0.2, 0.25) is 0 Å². The van der Waals surface area contributed by atoms with E-state index in [1.165, 1.54) is 12.1 Å². The van der Waals surface area contributed by atoms with Crippen LogP contribution in [0.5, 0.6) is 5.75 Å². The monoisotopic (exact) mass is 352 g/mol. The molecule has 0 aliphatic rings. The number of ether oxygens (including phenoxy) is 1. The number of oxime groups is 1. The van der Waals surface area contributed by atoms with Gasteiger partial charge in [0.1, 0.15) is 18.2 Å². The van der Waals surface area contributed by atoms with Crippen molar-refractivity contribution in [3.05, 3.63) is 63.4 Å². The Morgan fingerprint density at radius 2 is 2.10 bits per heavy atom. The van der Waals surface area contributed by atoms with Gasteiger partial charge in [-0.3, -0.25) is 0 Å². The van der Waals surface area contributed by atoms with Gasteiger partial charge in [-0.2, -0.15) is 0 Å². The SMILES string of the molecule is Cc1ccc(Br)cc1OCc1cc(F)cc(/C(N)=N/O)c1. The molecular weight excluding hydrogens is 339 g/mol. The van der Waals surface area contributed by atoms with Crippen molar-refractivity contribution in [1.29, 1.82) is 0 Å². The van der Waals surface area contributed by atoms with E-state index < -0.39 is 5.82 Å². The molecule has 0 aliphatic heterocycles. The minimum absolute atomic E-state index is 0.144. The normalized spacial score (nSPS) is 11.5. The van der Waals surface area contributed by atoms with E-state index in [-0.39, 0.29) is 12.4 Å². The average Bonchev–Trinajstić information content (AvgIpc) is 2.46. The summed E-state index contributed by atoms with van der Waals surface area (Å²) in [5.41, 5.74) is 7.35. The molecule has 0 bridgehead atoms. The van der Waals surface area contributed by atoms with Gasteiger partial charge in [-0.25, -0.2) is 4.39 Å². The van der Waals surface area contributed by atoms with Crippen molar-refractivity contribution in [3.63, 3.8) is 0 Å².